The van der Waals surface area contributed by atoms with Crippen molar-refractivity contribution < 1.29 is 14.6 Å². The van der Waals surface area contributed by atoms with E-state index in [1.165, 1.54) is 0 Å². The van der Waals surface area contributed by atoms with Gasteiger partial charge in [-0.15, -0.1) is 0 Å². The number of aromatic carboxylic acids is 1. The van der Waals surface area contributed by atoms with Crippen molar-refractivity contribution >= 4 is 17.7 Å². The van der Waals surface area contributed by atoms with E-state index in [0.717, 1.165) is 37.1 Å². The number of fused-ring (bicyclic) bond motifs is 1. The highest BCUT2D eigenvalue weighted by molar-refractivity contribution is 5.89. The Morgan fingerprint density at radius 1 is 1.23 bits per heavy atom. The third-order valence-electron chi connectivity index (χ3n) is 5.24. The fourth-order valence-corrected chi connectivity index (χ4v) is 3.82. The van der Waals surface area contributed by atoms with Crippen molar-refractivity contribution in [1.82, 2.24) is 14.9 Å². The number of nitrogens with zero attached hydrogens (tertiary/aromatic N) is 3. The van der Waals surface area contributed by atoms with E-state index in [-0.39, 0.29) is 11.5 Å². The summed E-state index contributed by atoms with van der Waals surface area (Å²) < 4.78 is 6.13. The molecule has 8 heteroatoms. The van der Waals surface area contributed by atoms with E-state index in [0.29, 0.717) is 30.2 Å². The SMILES string of the molecule is Nc1nc(N)c2c(n1)OC1(CCN(Cc3ccccc3C(=O)O)CC1)C2. The van der Waals surface area contributed by atoms with Crippen LogP contribution in [0.1, 0.15) is 34.3 Å². The van der Waals surface area contributed by atoms with Crippen LogP contribution in [-0.4, -0.2) is 44.6 Å². The van der Waals surface area contributed by atoms with Crippen molar-refractivity contribution in [3.63, 3.8) is 0 Å². The number of likely N-dealkylation sites (tertiary alicyclic amines) is 1. The molecule has 1 spiro atoms. The van der Waals surface area contributed by atoms with Gasteiger partial charge in [-0.1, -0.05) is 18.2 Å². The van der Waals surface area contributed by atoms with E-state index < -0.39 is 5.97 Å². The maximum atomic E-state index is 11.4. The lowest BCUT2D eigenvalue weighted by atomic mass is 9.87. The van der Waals surface area contributed by atoms with E-state index in [4.69, 9.17) is 16.2 Å². The largest absolute Gasteiger partial charge is 0.478 e. The lowest BCUT2D eigenvalue weighted by Gasteiger charge is -2.38. The Labute approximate surface area is 150 Å². The summed E-state index contributed by atoms with van der Waals surface area (Å²) in [5, 5.41) is 9.34. The normalized spacial score (nSPS) is 18.5. The summed E-state index contributed by atoms with van der Waals surface area (Å²) in [4.78, 5) is 21.8. The van der Waals surface area contributed by atoms with Crippen LogP contribution in [0.2, 0.25) is 0 Å². The summed E-state index contributed by atoms with van der Waals surface area (Å²) in [5.41, 5.74) is 13.3. The van der Waals surface area contributed by atoms with Crippen LogP contribution < -0.4 is 16.2 Å². The summed E-state index contributed by atoms with van der Waals surface area (Å²) in [6, 6.07) is 7.13. The van der Waals surface area contributed by atoms with E-state index in [1.807, 2.05) is 12.1 Å². The summed E-state index contributed by atoms with van der Waals surface area (Å²) in [6.45, 7) is 2.23. The Morgan fingerprint density at radius 3 is 2.69 bits per heavy atom. The van der Waals surface area contributed by atoms with Gasteiger partial charge in [-0.25, -0.2) is 4.79 Å². The monoisotopic (exact) mass is 355 g/mol. The van der Waals surface area contributed by atoms with Crippen LogP contribution in [-0.2, 0) is 13.0 Å². The number of piperidine rings is 1. The van der Waals surface area contributed by atoms with Crippen molar-refractivity contribution in [2.75, 3.05) is 24.6 Å². The highest BCUT2D eigenvalue weighted by atomic mass is 16.5. The summed E-state index contributed by atoms with van der Waals surface area (Å²) in [6.07, 6.45) is 2.32. The molecule has 0 unspecified atom stereocenters. The number of benzene rings is 1. The Hall–Kier alpha value is -2.87. The summed E-state index contributed by atoms with van der Waals surface area (Å²) >= 11 is 0. The zero-order chi connectivity index (χ0) is 18.3. The van der Waals surface area contributed by atoms with Gasteiger partial charge in [0.1, 0.15) is 11.4 Å². The van der Waals surface area contributed by atoms with Crippen LogP contribution >= 0.6 is 0 Å². The molecule has 2 aliphatic heterocycles. The van der Waals surface area contributed by atoms with Gasteiger partial charge in [-0.2, -0.15) is 9.97 Å². The number of rotatable bonds is 3. The molecule has 3 heterocycles. The number of hydrogen-bond acceptors (Lipinski definition) is 7. The standard InChI is InChI=1S/C18H21N5O3/c19-14-13-9-18(26-15(13)22-17(20)21-14)5-7-23(8-6-18)10-11-3-1-2-4-12(11)16(24)25/h1-4H,5-10H2,(H,24,25)(H4,19,20,21,22). The molecule has 0 aliphatic carbocycles. The highest BCUT2D eigenvalue weighted by Gasteiger charge is 2.44. The zero-order valence-corrected chi connectivity index (χ0v) is 14.3. The van der Waals surface area contributed by atoms with Gasteiger partial charge in [0.2, 0.25) is 11.8 Å². The topological polar surface area (TPSA) is 128 Å². The van der Waals surface area contributed by atoms with Gasteiger partial charge in [-0.3, -0.25) is 4.90 Å². The van der Waals surface area contributed by atoms with E-state index in [2.05, 4.69) is 14.9 Å². The number of hydrogen-bond donors (Lipinski definition) is 3. The molecular formula is C18H21N5O3. The molecule has 136 valence electrons. The molecule has 0 saturated carbocycles. The molecule has 0 radical (unpaired) electrons. The average Bonchev–Trinajstić information content (AvgIpc) is 2.96. The Balaban J connectivity index is 1.44. The minimum Gasteiger partial charge on any atom is -0.478 e. The molecular weight excluding hydrogens is 334 g/mol. The number of carboxylic acids is 1. The Morgan fingerprint density at radius 2 is 1.96 bits per heavy atom. The Kier molecular flexibility index (Phi) is 3.91. The second-order valence-corrected chi connectivity index (χ2v) is 6.95. The van der Waals surface area contributed by atoms with Crippen molar-refractivity contribution in [2.24, 2.45) is 0 Å². The van der Waals surface area contributed by atoms with Gasteiger partial charge in [0.05, 0.1) is 11.1 Å². The number of nitrogens with two attached hydrogens (primary N) is 2. The molecule has 1 fully saturated rings. The van der Waals surface area contributed by atoms with Crippen LogP contribution in [0.3, 0.4) is 0 Å². The quantitative estimate of drug-likeness (QED) is 0.752. The molecule has 1 saturated heterocycles. The molecule has 5 N–H and O–H groups in total. The number of anilines is 2. The fourth-order valence-electron chi connectivity index (χ4n) is 3.82. The number of aromatic nitrogens is 2. The second kappa shape index (κ2) is 6.14. The smallest absolute Gasteiger partial charge is 0.336 e. The van der Waals surface area contributed by atoms with E-state index in [1.54, 1.807) is 12.1 Å². The minimum atomic E-state index is -0.893. The van der Waals surface area contributed by atoms with Crippen LogP contribution in [0.25, 0.3) is 0 Å². The first kappa shape index (κ1) is 16.6. The molecule has 26 heavy (non-hydrogen) atoms. The third kappa shape index (κ3) is 2.92. The third-order valence-corrected chi connectivity index (χ3v) is 5.24. The highest BCUT2D eigenvalue weighted by Crippen LogP contribution is 2.42. The van der Waals surface area contributed by atoms with Crippen LogP contribution in [0.4, 0.5) is 11.8 Å². The maximum Gasteiger partial charge on any atom is 0.336 e. The lowest BCUT2D eigenvalue weighted by Crippen LogP contribution is -2.47. The van der Waals surface area contributed by atoms with Gasteiger partial charge in [0, 0.05) is 38.9 Å². The number of nitrogen functional groups attached to an aromatic ring is 2. The van der Waals surface area contributed by atoms with Crippen molar-refractivity contribution in [3.8, 4) is 5.88 Å². The number of carboxylic acid groups (broad SMARTS) is 1. The van der Waals surface area contributed by atoms with E-state index >= 15 is 0 Å². The van der Waals surface area contributed by atoms with Crippen molar-refractivity contribution in [1.29, 1.82) is 0 Å². The van der Waals surface area contributed by atoms with Crippen molar-refractivity contribution in [3.05, 3.63) is 41.0 Å². The van der Waals surface area contributed by atoms with Crippen LogP contribution in [0, 0.1) is 0 Å². The molecule has 0 atom stereocenters. The minimum absolute atomic E-state index is 0.126. The van der Waals surface area contributed by atoms with Gasteiger partial charge in [-0.05, 0) is 11.6 Å². The predicted octanol–water partition coefficient (Wildman–Crippen LogP) is 1.31. The van der Waals surface area contributed by atoms with Gasteiger partial charge >= 0.3 is 5.97 Å². The summed E-state index contributed by atoms with van der Waals surface area (Å²) in [5.74, 6) is 0.123. The molecule has 1 aromatic carbocycles. The molecule has 1 aromatic heterocycles. The number of ether oxygens (including phenoxy) is 1. The molecule has 4 rings (SSSR count). The van der Waals surface area contributed by atoms with Gasteiger partial charge in [0.25, 0.3) is 0 Å². The number of carbonyl (C=O) groups is 1. The molecule has 0 amide bonds. The molecule has 2 aliphatic rings. The predicted molar refractivity (Wildman–Crippen MR) is 95.8 cm³/mol. The van der Waals surface area contributed by atoms with Crippen molar-refractivity contribution in [2.45, 2.75) is 31.4 Å². The summed E-state index contributed by atoms with van der Waals surface area (Å²) in [7, 11) is 0. The molecule has 0 bridgehead atoms. The first-order valence-electron chi connectivity index (χ1n) is 8.60. The Bertz CT molecular complexity index is 862. The fraction of sp³-hybridized carbons (Fsp3) is 0.389. The zero-order valence-electron chi connectivity index (χ0n) is 14.3. The first-order valence-corrected chi connectivity index (χ1v) is 8.60. The average molecular weight is 355 g/mol. The molecule has 8 nitrogen and oxygen atoms in total. The van der Waals surface area contributed by atoms with Crippen LogP contribution in [0.5, 0.6) is 5.88 Å². The van der Waals surface area contributed by atoms with E-state index in [9.17, 15) is 9.90 Å². The van der Waals surface area contributed by atoms with Crippen LogP contribution in [0.15, 0.2) is 24.3 Å². The van der Waals surface area contributed by atoms with Gasteiger partial charge < -0.3 is 21.3 Å². The maximum absolute atomic E-state index is 11.4. The molecule has 2 aromatic rings. The lowest BCUT2D eigenvalue weighted by molar-refractivity contribution is 0.0143. The van der Waals surface area contributed by atoms with Gasteiger partial charge in [0.15, 0.2) is 0 Å². The first-order chi connectivity index (χ1) is 12.5. The second-order valence-electron chi connectivity index (χ2n) is 6.95.